The molecular weight excluding hydrogens is 304 g/mol. The van der Waals surface area contributed by atoms with Crippen LogP contribution in [0.1, 0.15) is 18.1 Å². The first kappa shape index (κ1) is 16.1. The molecule has 0 aliphatic carbocycles. The number of hydrogen-bond donors (Lipinski definition) is 0. The van der Waals surface area contributed by atoms with Gasteiger partial charge in [0.1, 0.15) is 0 Å². The quantitative estimate of drug-likeness (QED) is 0.513. The van der Waals surface area contributed by atoms with Gasteiger partial charge >= 0.3 is 0 Å². The number of aromatic nitrogens is 2. The Morgan fingerprint density at radius 3 is 2.54 bits per heavy atom. The minimum absolute atomic E-state index is 0.0852. The van der Waals surface area contributed by atoms with Crippen LogP contribution in [0.25, 0.3) is 10.9 Å². The summed E-state index contributed by atoms with van der Waals surface area (Å²) < 4.78 is 1.79. The van der Waals surface area contributed by atoms with Gasteiger partial charge in [0.2, 0.25) is 0 Å². The van der Waals surface area contributed by atoms with E-state index in [9.17, 15) is 10.1 Å². The molecule has 24 heavy (non-hydrogen) atoms. The molecule has 124 valence electrons. The van der Waals surface area contributed by atoms with E-state index in [1.165, 1.54) is 17.2 Å². The van der Waals surface area contributed by atoms with Crippen molar-refractivity contribution in [1.29, 1.82) is 0 Å². The van der Waals surface area contributed by atoms with Gasteiger partial charge in [0.15, 0.2) is 0 Å². The first-order chi connectivity index (χ1) is 11.6. The molecule has 1 heterocycles. The minimum atomic E-state index is -0.379. The zero-order valence-corrected chi connectivity index (χ0v) is 13.8. The normalized spacial score (nSPS) is 11.3. The molecule has 6 nitrogen and oxygen atoms in total. The minimum Gasteiger partial charge on any atom is -0.283 e. The van der Waals surface area contributed by atoms with E-state index in [1.807, 2.05) is 7.05 Å². The van der Waals surface area contributed by atoms with E-state index in [2.05, 4.69) is 41.2 Å². The molecule has 3 aromatic rings. The molecule has 0 aliphatic heterocycles. The number of nitro benzene ring substituents is 1. The van der Waals surface area contributed by atoms with Gasteiger partial charge < -0.3 is 0 Å². The van der Waals surface area contributed by atoms with E-state index in [4.69, 9.17) is 0 Å². The molecule has 0 radical (unpaired) electrons. The Balaban J connectivity index is 1.75. The van der Waals surface area contributed by atoms with Crippen molar-refractivity contribution < 1.29 is 4.92 Å². The lowest BCUT2D eigenvalue weighted by Crippen LogP contribution is -2.22. The highest BCUT2D eigenvalue weighted by Gasteiger charge is 2.11. The van der Waals surface area contributed by atoms with Gasteiger partial charge in [-0.25, -0.2) is 0 Å². The monoisotopic (exact) mass is 324 g/mol. The van der Waals surface area contributed by atoms with Crippen molar-refractivity contribution >= 4 is 16.6 Å². The van der Waals surface area contributed by atoms with Gasteiger partial charge in [-0.15, -0.1) is 0 Å². The highest BCUT2D eigenvalue weighted by molar-refractivity contribution is 5.80. The number of non-ortho nitro benzene ring substituents is 1. The van der Waals surface area contributed by atoms with Gasteiger partial charge in [-0.05, 0) is 30.7 Å². The Morgan fingerprint density at radius 2 is 1.88 bits per heavy atom. The van der Waals surface area contributed by atoms with Crippen molar-refractivity contribution in [2.75, 3.05) is 7.05 Å². The SMILES string of the molecule is CCc1ccc(CN(C)Cn2ncc3ccc([N+](=O)[O-])cc32)cc1. The van der Waals surface area contributed by atoms with Crippen LogP contribution in [-0.4, -0.2) is 26.7 Å². The number of benzene rings is 2. The second-order valence-electron chi connectivity index (χ2n) is 5.97. The molecule has 0 aliphatic rings. The van der Waals surface area contributed by atoms with E-state index >= 15 is 0 Å². The number of hydrogen-bond acceptors (Lipinski definition) is 4. The molecule has 0 spiro atoms. The van der Waals surface area contributed by atoms with E-state index < -0.39 is 0 Å². The third-order valence-corrected chi connectivity index (χ3v) is 4.10. The summed E-state index contributed by atoms with van der Waals surface area (Å²) >= 11 is 0. The topological polar surface area (TPSA) is 64.2 Å². The summed E-state index contributed by atoms with van der Waals surface area (Å²) in [4.78, 5) is 12.7. The standard InChI is InChI=1S/C18H20N4O2/c1-3-14-4-6-15(7-5-14)12-20(2)13-21-18-10-17(22(23)24)9-8-16(18)11-19-21/h4-11H,3,12-13H2,1-2H3. The molecule has 2 aromatic carbocycles. The summed E-state index contributed by atoms with van der Waals surface area (Å²) in [7, 11) is 2.01. The van der Waals surface area contributed by atoms with Crippen LogP contribution in [-0.2, 0) is 19.6 Å². The molecule has 0 N–H and O–H groups in total. The fourth-order valence-corrected chi connectivity index (χ4v) is 2.76. The summed E-state index contributed by atoms with van der Waals surface area (Å²) in [5.74, 6) is 0. The van der Waals surface area contributed by atoms with Gasteiger partial charge in [0.05, 0.1) is 23.3 Å². The van der Waals surface area contributed by atoms with Crippen LogP contribution in [0, 0.1) is 10.1 Å². The molecule has 1 aromatic heterocycles. The second kappa shape index (κ2) is 6.80. The predicted octanol–water partition coefficient (Wildman–Crippen LogP) is 3.60. The first-order valence-electron chi connectivity index (χ1n) is 7.93. The van der Waals surface area contributed by atoms with Crippen molar-refractivity contribution in [3.8, 4) is 0 Å². The molecule has 3 rings (SSSR count). The Hall–Kier alpha value is -2.73. The zero-order chi connectivity index (χ0) is 17.1. The van der Waals surface area contributed by atoms with Crippen LogP contribution in [0.3, 0.4) is 0 Å². The summed E-state index contributed by atoms with van der Waals surface area (Å²) in [6.45, 7) is 3.50. The largest absolute Gasteiger partial charge is 0.283 e. The smallest absolute Gasteiger partial charge is 0.271 e. The molecule has 0 bridgehead atoms. The molecule has 0 amide bonds. The highest BCUT2D eigenvalue weighted by atomic mass is 16.6. The summed E-state index contributed by atoms with van der Waals surface area (Å²) in [6, 6.07) is 13.4. The van der Waals surface area contributed by atoms with E-state index in [0.29, 0.717) is 6.67 Å². The number of aryl methyl sites for hydroxylation is 1. The molecule has 6 heteroatoms. The second-order valence-corrected chi connectivity index (χ2v) is 5.97. The van der Waals surface area contributed by atoms with Crippen molar-refractivity contribution in [2.45, 2.75) is 26.6 Å². The summed E-state index contributed by atoms with van der Waals surface area (Å²) in [5.41, 5.74) is 3.42. The fourth-order valence-electron chi connectivity index (χ4n) is 2.76. The van der Waals surface area contributed by atoms with E-state index in [-0.39, 0.29) is 10.6 Å². The predicted molar refractivity (Wildman–Crippen MR) is 93.7 cm³/mol. The summed E-state index contributed by atoms with van der Waals surface area (Å²) in [6.07, 6.45) is 2.77. The molecular formula is C18H20N4O2. The lowest BCUT2D eigenvalue weighted by Gasteiger charge is -2.17. The fraction of sp³-hybridized carbons (Fsp3) is 0.278. The Bertz CT molecular complexity index is 855. The molecule has 0 unspecified atom stereocenters. The van der Waals surface area contributed by atoms with Crippen LogP contribution < -0.4 is 0 Å². The number of rotatable bonds is 6. The van der Waals surface area contributed by atoms with Crippen LogP contribution in [0.5, 0.6) is 0 Å². The average molecular weight is 324 g/mol. The van der Waals surface area contributed by atoms with Gasteiger partial charge in [-0.3, -0.25) is 19.7 Å². The van der Waals surface area contributed by atoms with Gasteiger partial charge in [0, 0.05) is 24.1 Å². The third-order valence-electron chi connectivity index (χ3n) is 4.10. The number of nitro groups is 1. The van der Waals surface area contributed by atoms with Gasteiger partial charge in [-0.2, -0.15) is 5.10 Å². The van der Waals surface area contributed by atoms with Crippen molar-refractivity contribution in [3.05, 3.63) is 69.9 Å². The van der Waals surface area contributed by atoms with E-state index in [1.54, 1.807) is 23.0 Å². The van der Waals surface area contributed by atoms with Gasteiger partial charge in [-0.1, -0.05) is 31.2 Å². The highest BCUT2D eigenvalue weighted by Crippen LogP contribution is 2.21. The third kappa shape index (κ3) is 3.44. The van der Waals surface area contributed by atoms with Crippen molar-refractivity contribution in [3.63, 3.8) is 0 Å². The summed E-state index contributed by atoms with van der Waals surface area (Å²) in [5, 5.41) is 16.2. The number of fused-ring (bicyclic) bond motifs is 1. The lowest BCUT2D eigenvalue weighted by atomic mass is 10.1. The maximum Gasteiger partial charge on any atom is 0.271 e. The Morgan fingerprint density at radius 1 is 1.17 bits per heavy atom. The molecule has 0 atom stereocenters. The first-order valence-corrected chi connectivity index (χ1v) is 7.93. The molecule has 0 saturated heterocycles. The molecule has 0 saturated carbocycles. The number of nitrogens with zero attached hydrogens (tertiary/aromatic N) is 4. The lowest BCUT2D eigenvalue weighted by molar-refractivity contribution is -0.384. The molecule has 0 fully saturated rings. The maximum atomic E-state index is 11.0. The van der Waals surface area contributed by atoms with Crippen molar-refractivity contribution in [1.82, 2.24) is 14.7 Å². The maximum absolute atomic E-state index is 11.0. The Labute approximate surface area is 140 Å². The van der Waals surface area contributed by atoms with Gasteiger partial charge in [0.25, 0.3) is 5.69 Å². The van der Waals surface area contributed by atoms with Crippen LogP contribution >= 0.6 is 0 Å². The van der Waals surface area contributed by atoms with E-state index in [0.717, 1.165) is 23.9 Å². The average Bonchev–Trinajstić information content (AvgIpc) is 2.97. The zero-order valence-electron chi connectivity index (χ0n) is 13.8. The van der Waals surface area contributed by atoms with Crippen molar-refractivity contribution in [2.24, 2.45) is 0 Å². The van der Waals surface area contributed by atoms with Crippen LogP contribution in [0.2, 0.25) is 0 Å². The van der Waals surface area contributed by atoms with Crippen LogP contribution in [0.15, 0.2) is 48.7 Å². The Kier molecular flexibility index (Phi) is 4.57. The van der Waals surface area contributed by atoms with Crippen LogP contribution in [0.4, 0.5) is 5.69 Å².